The van der Waals surface area contributed by atoms with E-state index in [2.05, 4.69) is 15.6 Å². The van der Waals surface area contributed by atoms with Crippen LogP contribution in [-0.4, -0.2) is 32.0 Å². The topological polar surface area (TPSA) is 97.1 Å². The van der Waals surface area contributed by atoms with Crippen LogP contribution >= 0.6 is 0 Å². The Kier molecular flexibility index (Phi) is 3.20. The van der Waals surface area contributed by atoms with Crippen LogP contribution in [0.3, 0.4) is 0 Å². The first kappa shape index (κ1) is 14.2. The molecule has 1 heterocycles. The molecule has 114 valence electrons. The third kappa shape index (κ3) is 2.34. The number of benzene rings is 1. The van der Waals surface area contributed by atoms with Gasteiger partial charge in [-0.15, -0.1) is 5.10 Å². The Morgan fingerprint density at radius 3 is 2.68 bits per heavy atom. The molecule has 7 heteroatoms. The molecule has 22 heavy (non-hydrogen) atoms. The highest BCUT2D eigenvalue weighted by Gasteiger charge is 2.65. The summed E-state index contributed by atoms with van der Waals surface area (Å²) in [6.45, 7) is 3.59. The summed E-state index contributed by atoms with van der Waals surface area (Å²) in [5.74, 6) is -2.35. The molecule has 2 atom stereocenters. The van der Waals surface area contributed by atoms with Crippen LogP contribution in [0.25, 0.3) is 5.69 Å². The van der Waals surface area contributed by atoms with Crippen LogP contribution in [0.4, 0.5) is 5.69 Å². The maximum atomic E-state index is 12.3. The van der Waals surface area contributed by atoms with Crippen LogP contribution in [0.15, 0.2) is 36.7 Å². The van der Waals surface area contributed by atoms with E-state index in [1.165, 1.54) is 0 Å². The van der Waals surface area contributed by atoms with Crippen molar-refractivity contribution in [2.24, 2.45) is 17.3 Å². The van der Waals surface area contributed by atoms with Crippen molar-refractivity contribution in [2.45, 2.75) is 13.8 Å². The van der Waals surface area contributed by atoms with Crippen molar-refractivity contribution < 1.29 is 14.7 Å². The van der Waals surface area contributed by atoms with Gasteiger partial charge in [0.1, 0.15) is 0 Å². The van der Waals surface area contributed by atoms with E-state index in [4.69, 9.17) is 5.11 Å². The van der Waals surface area contributed by atoms with Crippen LogP contribution in [0.1, 0.15) is 13.8 Å². The van der Waals surface area contributed by atoms with Crippen molar-refractivity contribution in [1.29, 1.82) is 0 Å². The molecule has 1 fully saturated rings. The molecule has 1 aliphatic carbocycles. The van der Waals surface area contributed by atoms with E-state index in [1.807, 2.05) is 6.07 Å². The van der Waals surface area contributed by atoms with Crippen molar-refractivity contribution in [1.82, 2.24) is 15.0 Å². The van der Waals surface area contributed by atoms with E-state index in [0.717, 1.165) is 5.69 Å². The van der Waals surface area contributed by atoms with E-state index < -0.39 is 23.2 Å². The van der Waals surface area contributed by atoms with Gasteiger partial charge in [0.2, 0.25) is 5.91 Å². The standard InChI is InChI=1S/C15H16N4O3/c1-15(2)11(12(15)14(21)22)13(20)17-9-4-3-5-10(8-9)19-7-6-16-18-19/h3-8,11-12H,1-2H3,(H,17,20)(H,21,22)/t11-,12+/m1/s1. The molecule has 0 unspecified atom stereocenters. The first-order valence-corrected chi connectivity index (χ1v) is 6.91. The van der Waals surface area contributed by atoms with Gasteiger partial charge in [-0.05, 0) is 23.6 Å². The zero-order valence-corrected chi connectivity index (χ0v) is 12.2. The Morgan fingerprint density at radius 1 is 1.32 bits per heavy atom. The van der Waals surface area contributed by atoms with Crippen LogP contribution in [0.5, 0.6) is 0 Å². The molecule has 0 saturated heterocycles. The third-order valence-corrected chi connectivity index (χ3v) is 4.18. The molecular formula is C15H16N4O3. The number of anilines is 1. The van der Waals surface area contributed by atoms with Gasteiger partial charge in [-0.25, -0.2) is 4.68 Å². The van der Waals surface area contributed by atoms with Crippen molar-refractivity contribution in [3.63, 3.8) is 0 Å². The van der Waals surface area contributed by atoms with E-state index >= 15 is 0 Å². The minimum Gasteiger partial charge on any atom is -0.481 e. The molecule has 1 aromatic carbocycles. The van der Waals surface area contributed by atoms with E-state index in [9.17, 15) is 9.59 Å². The second kappa shape index (κ2) is 4.94. The highest BCUT2D eigenvalue weighted by molar-refractivity contribution is 5.99. The molecule has 0 aliphatic heterocycles. The Labute approximate surface area is 126 Å². The molecular weight excluding hydrogens is 284 g/mol. The molecule has 2 aromatic rings. The Bertz CT molecular complexity index is 724. The van der Waals surface area contributed by atoms with Crippen molar-refractivity contribution in [2.75, 3.05) is 5.32 Å². The average molecular weight is 300 g/mol. The third-order valence-electron chi connectivity index (χ3n) is 4.18. The summed E-state index contributed by atoms with van der Waals surface area (Å²) in [4.78, 5) is 23.4. The molecule has 1 amide bonds. The highest BCUT2D eigenvalue weighted by Crippen LogP contribution is 2.58. The molecule has 0 bridgehead atoms. The van der Waals surface area contributed by atoms with Gasteiger partial charge in [-0.3, -0.25) is 9.59 Å². The summed E-state index contributed by atoms with van der Waals surface area (Å²) < 4.78 is 1.58. The molecule has 1 saturated carbocycles. The lowest BCUT2D eigenvalue weighted by Gasteiger charge is -2.08. The van der Waals surface area contributed by atoms with E-state index in [0.29, 0.717) is 5.69 Å². The number of hydrogen-bond acceptors (Lipinski definition) is 4. The monoisotopic (exact) mass is 300 g/mol. The number of carboxylic acid groups (broad SMARTS) is 1. The molecule has 2 N–H and O–H groups in total. The number of amides is 1. The van der Waals surface area contributed by atoms with Gasteiger partial charge in [0.05, 0.1) is 29.9 Å². The normalized spacial score (nSPS) is 22.1. The maximum Gasteiger partial charge on any atom is 0.307 e. The SMILES string of the molecule is CC1(C)[C@H](C(=O)O)[C@@H]1C(=O)Nc1cccc(-n2ccnn2)c1. The number of nitrogens with zero attached hydrogens (tertiary/aromatic N) is 3. The summed E-state index contributed by atoms with van der Waals surface area (Å²) in [7, 11) is 0. The molecule has 0 radical (unpaired) electrons. The average Bonchev–Trinajstić information content (AvgIpc) is 2.84. The fourth-order valence-corrected chi connectivity index (χ4v) is 2.88. The van der Waals surface area contributed by atoms with Crippen LogP contribution in [0.2, 0.25) is 0 Å². The summed E-state index contributed by atoms with van der Waals surface area (Å²) in [6, 6.07) is 7.14. The van der Waals surface area contributed by atoms with Crippen LogP contribution < -0.4 is 5.32 Å². The summed E-state index contributed by atoms with van der Waals surface area (Å²) >= 11 is 0. The number of carbonyl (C=O) groups is 2. The van der Waals surface area contributed by atoms with Gasteiger partial charge in [-0.2, -0.15) is 0 Å². The fourth-order valence-electron chi connectivity index (χ4n) is 2.88. The number of carbonyl (C=O) groups excluding carboxylic acids is 1. The van der Waals surface area contributed by atoms with E-state index in [-0.39, 0.29) is 5.91 Å². The minimum atomic E-state index is -0.929. The molecule has 7 nitrogen and oxygen atoms in total. The van der Waals surface area contributed by atoms with Crippen LogP contribution in [-0.2, 0) is 9.59 Å². The van der Waals surface area contributed by atoms with Gasteiger partial charge in [0.15, 0.2) is 0 Å². The number of aromatic nitrogens is 3. The maximum absolute atomic E-state index is 12.3. The van der Waals surface area contributed by atoms with Crippen molar-refractivity contribution >= 4 is 17.6 Å². The van der Waals surface area contributed by atoms with Gasteiger partial charge in [0.25, 0.3) is 0 Å². The highest BCUT2D eigenvalue weighted by atomic mass is 16.4. The van der Waals surface area contributed by atoms with Crippen LogP contribution in [0, 0.1) is 17.3 Å². The van der Waals surface area contributed by atoms with Gasteiger partial charge in [-0.1, -0.05) is 25.1 Å². The number of aliphatic carboxylic acids is 1. The molecule has 1 aromatic heterocycles. The lowest BCUT2D eigenvalue weighted by Crippen LogP contribution is -2.17. The largest absolute Gasteiger partial charge is 0.481 e. The minimum absolute atomic E-state index is 0.270. The predicted molar refractivity (Wildman–Crippen MR) is 78.4 cm³/mol. The van der Waals surface area contributed by atoms with Crippen molar-refractivity contribution in [3.05, 3.63) is 36.7 Å². The summed E-state index contributed by atoms with van der Waals surface area (Å²) in [6.07, 6.45) is 3.26. The quantitative estimate of drug-likeness (QED) is 0.893. The first-order chi connectivity index (χ1) is 10.4. The summed E-state index contributed by atoms with van der Waals surface area (Å²) in [5, 5.41) is 19.6. The van der Waals surface area contributed by atoms with Gasteiger partial charge in [0, 0.05) is 5.69 Å². The zero-order chi connectivity index (χ0) is 15.9. The zero-order valence-electron chi connectivity index (χ0n) is 12.2. The smallest absolute Gasteiger partial charge is 0.307 e. The lowest BCUT2D eigenvalue weighted by molar-refractivity contribution is -0.140. The second-order valence-corrected chi connectivity index (χ2v) is 6.00. The molecule has 3 rings (SSSR count). The van der Waals surface area contributed by atoms with Crippen molar-refractivity contribution in [3.8, 4) is 5.69 Å². The Morgan fingerprint density at radius 2 is 2.09 bits per heavy atom. The summed E-state index contributed by atoms with van der Waals surface area (Å²) in [5.41, 5.74) is 0.851. The Hall–Kier alpha value is -2.70. The lowest BCUT2D eigenvalue weighted by atomic mass is 10.1. The number of carboxylic acids is 1. The van der Waals surface area contributed by atoms with Gasteiger partial charge < -0.3 is 10.4 Å². The predicted octanol–water partition coefficient (Wildman–Crippen LogP) is 1.56. The number of nitrogens with one attached hydrogen (secondary N) is 1. The second-order valence-electron chi connectivity index (χ2n) is 6.00. The first-order valence-electron chi connectivity index (χ1n) is 6.91. The molecule has 1 aliphatic rings. The Balaban J connectivity index is 1.76. The number of rotatable bonds is 4. The molecule has 0 spiro atoms. The van der Waals surface area contributed by atoms with Gasteiger partial charge >= 0.3 is 5.97 Å². The van der Waals surface area contributed by atoms with E-state index in [1.54, 1.807) is 49.1 Å². The fraction of sp³-hybridized carbons (Fsp3) is 0.333. The number of hydrogen-bond donors (Lipinski definition) is 2.